The lowest BCUT2D eigenvalue weighted by Crippen LogP contribution is -2.22. The zero-order valence-corrected chi connectivity index (χ0v) is 18.3. The molecule has 4 rings (SSSR count). The molecule has 1 aliphatic carbocycles. The predicted molar refractivity (Wildman–Crippen MR) is 119 cm³/mol. The molecule has 0 amide bonds. The second-order valence-corrected chi connectivity index (χ2v) is 9.60. The number of thioether (sulfide) groups is 2. The van der Waals surface area contributed by atoms with Crippen molar-refractivity contribution in [2.45, 2.75) is 30.6 Å². The first-order valence-corrected chi connectivity index (χ1v) is 12.2. The van der Waals surface area contributed by atoms with E-state index in [4.69, 9.17) is 4.74 Å². The maximum Gasteiger partial charge on any atom is 0.422 e. The number of ether oxygens (including phenoxy) is 1. The normalized spacial score (nSPS) is 14.3. The maximum absolute atomic E-state index is 13.1. The highest BCUT2D eigenvalue weighted by molar-refractivity contribution is 8.00. The summed E-state index contributed by atoms with van der Waals surface area (Å²) < 4.78 is 43.3. The third-order valence-corrected chi connectivity index (χ3v) is 7.07. The number of halogens is 3. The van der Waals surface area contributed by atoms with Crippen molar-refractivity contribution in [2.24, 2.45) is 5.92 Å². The molecule has 1 fully saturated rings. The van der Waals surface area contributed by atoms with Gasteiger partial charge in [0.15, 0.2) is 11.8 Å². The Balaban J connectivity index is 1.50. The summed E-state index contributed by atoms with van der Waals surface area (Å²) in [6.07, 6.45) is 0.982. The number of benzene rings is 1. The lowest BCUT2D eigenvalue weighted by Gasteiger charge is -2.13. The van der Waals surface area contributed by atoms with Crippen LogP contribution in [0.4, 0.5) is 13.2 Å². The average Bonchev–Trinajstić information content (AvgIpc) is 3.44. The van der Waals surface area contributed by atoms with E-state index in [9.17, 15) is 18.0 Å². The highest BCUT2D eigenvalue weighted by atomic mass is 32.2. The molecule has 5 nitrogen and oxygen atoms in total. The monoisotopic (exact) mass is 469 g/mol. The Morgan fingerprint density at radius 2 is 1.94 bits per heavy atom. The van der Waals surface area contributed by atoms with E-state index in [1.807, 2.05) is 11.8 Å². The summed E-state index contributed by atoms with van der Waals surface area (Å²) in [7, 11) is 0. The zero-order valence-electron chi connectivity index (χ0n) is 16.7. The highest BCUT2D eigenvalue weighted by Gasteiger charge is 2.28. The van der Waals surface area contributed by atoms with Gasteiger partial charge < -0.3 is 9.72 Å². The molecule has 2 heterocycles. The van der Waals surface area contributed by atoms with Crippen LogP contribution in [0.3, 0.4) is 0 Å². The molecule has 1 aromatic carbocycles. The van der Waals surface area contributed by atoms with E-state index in [0.717, 1.165) is 23.8 Å². The Kier molecular flexibility index (Phi) is 6.86. The Morgan fingerprint density at radius 3 is 2.65 bits per heavy atom. The molecule has 0 bridgehead atoms. The number of fused-ring (bicyclic) bond motifs is 1. The number of nitrogens with one attached hydrogen (secondary N) is 1. The van der Waals surface area contributed by atoms with Gasteiger partial charge in [-0.2, -0.15) is 24.9 Å². The lowest BCUT2D eigenvalue weighted by atomic mass is 10.3. The van der Waals surface area contributed by atoms with Crippen molar-refractivity contribution < 1.29 is 17.9 Å². The van der Waals surface area contributed by atoms with Crippen molar-refractivity contribution in [1.82, 2.24) is 14.5 Å². The minimum absolute atomic E-state index is 0.0879. The molecular weight excluding hydrogens is 447 g/mol. The molecule has 2 aromatic heterocycles. The number of rotatable bonds is 10. The number of H-pyrrole nitrogens is 1. The first-order chi connectivity index (χ1) is 14.9. The minimum Gasteiger partial charge on any atom is -0.484 e. The topological polar surface area (TPSA) is 59.9 Å². The van der Waals surface area contributed by atoms with E-state index < -0.39 is 12.8 Å². The van der Waals surface area contributed by atoms with Gasteiger partial charge in [-0.3, -0.25) is 9.36 Å². The van der Waals surface area contributed by atoms with Gasteiger partial charge in [-0.25, -0.2) is 4.98 Å². The van der Waals surface area contributed by atoms with Gasteiger partial charge in [0.2, 0.25) is 0 Å². The first kappa shape index (κ1) is 22.1. The van der Waals surface area contributed by atoms with E-state index in [1.165, 1.54) is 47.1 Å². The number of aromatic nitrogens is 3. The smallest absolute Gasteiger partial charge is 0.422 e. The average molecular weight is 470 g/mol. The molecule has 0 radical (unpaired) electrons. The molecule has 0 aliphatic heterocycles. The molecule has 3 aromatic rings. The van der Waals surface area contributed by atoms with Crippen LogP contribution in [0.15, 0.2) is 46.5 Å². The number of aromatic amines is 1. The third-order valence-electron chi connectivity index (χ3n) is 4.76. The van der Waals surface area contributed by atoms with Crippen LogP contribution >= 0.6 is 23.5 Å². The molecule has 1 aliphatic rings. The van der Waals surface area contributed by atoms with Crippen molar-refractivity contribution in [3.8, 4) is 11.4 Å². The molecule has 0 spiro atoms. The molecule has 0 unspecified atom stereocenters. The maximum atomic E-state index is 13.1. The lowest BCUT2D eigenvalue weighted by molar-refractivity contribution is -0.153. The Labute approximate surface area is 185 Å². The molecule has 0 saturated heterocycles. The first-order valence-electron chi connectivity index (χ1n) is 10.0. The molecule has 0 atom stereocenters. The molecule has 1 N–H and O–H groups in total. The summed E-state index contributed by atoms with van der Waals surface area (Å²) in [5.74, 6) is 4.12. The van der Waals surface area contributed by atoms with Crippen molar-refractivity contribution >= 4 is 34.6 Å². The fraction of sp³-hybridized carbons (Fsp3) is 0.429. The quantitative estimate of drug-likeness (QED) is 0.249. The van der Waals surface area contributed by atoms with Gasteiger partial charge >= 0.3 is 6.18 Å². The van der Waals surface area contributed by atoms with Gasteiger partial charge in [-0.15, -0.1) is 0 Å². The van der Waals surface area contributed by atoms with Gasteiger partial charge in [0.1, 0.15) is 11.3 Å². The number of hydrogen-bond donors (Lipinski definition) is 1. The highest BCUT2D eigenvalue weighted by Crippen LogP contribution is 2.32. The van der Waals surface area contributed by atoms with Crippen molar-refractivity contribution in [3.63, 3.8) is 0 Å². The standard InChI is InChI=1S/C21H22F3N3O2S2/c22-21(23,24)13-29-16-6-4-15(5-7-16)27-19(28)18-17(8-9-25-18)26-20(27)31-11-1-10-30-12-14-2-3-14/h4-9,14,25H,1-3,10-13H2. The summed E-state index contributed by atoms with van der Waals surface area (Å²) in [5, 5.41) is 0.563. The van der Waals surface area contributed by atoms with E-state index in [-0.39, 0.29) is 11.3 Å². The van der Waals surface area contributed by atoms with Crippen LogP contribution in [0.5, 0.6) is 5.75 Å². The third kappa shape index (κ3) is 6.00. The van der Waals surface area contributed by atoms with Gasteiger partial charge in [0.05, 0.1) is 11.2 Å². The van der Waals surface area contributed by atoms with Crippen molar-refractivity contribution in [3.05, 3.63) is 46.9 Å². The van der Waals surface area contributed by atoms with E-state index in [1.54, 1.807) is 24.4 Å². The summed E-state index contributed by atoms with van der Waals surface area (Å²) in [5.41, 5.74) is 1.27. The predicted octanol–water partition coefficient (Wildman–Crippen LogP) is 5.28. The molecule has 166 valence electrons. The van der Waals surface area contributed by atoms with Crippen LogP contribution in [0, 0.1) is 5.92 Å². The van der Waals surface area contributed by atoms with Crippen molar-refractivity contribution in [2.75, 3.05) is 23.9 Å². The Hall–Kier alpha value is -2.07. The minimum atomic E-state index is -4.40. The Morgan fingerprint density at radius 1 is 1.16 bits per heavy atom. The SMILES string of the molecule is O=c1c2[nH]ccc2nc(SCCCSCC2CC2)n1-c1ccc(OCC(F)(F)F)cc1. The van der Waals surface area contributed by atoms with Crippen LogP contribution in [-0.4, -0.2) is 44.6 Å². The summed E-state index contributed by atoms with van der Waals surface area (Å²) in [6.45, 7) is -1.36. The van der Waals surface area contributed by atoms with Crippen LogP contribution in [-0.2, 0) is 0 Å². The summed E-state index contributed by atoms with van der Waals surface area (Å²) in [6, 6.07) is 7.74. The molecule has 1 saturated carbocycles. The summed E-state index contributed by atoms with van der Waals surface area (Å²) in [4.78, 5) is 20.6. The number of alkyl halides is 3. The number of nitrogens with zero attached hydrogens (tertiary/aromatic N) is 2. The van der Waals surface area contributed by atoms with E-state index >= 15 is 0 Å². The van der Waals surface area contributed by atoms with Crippen LogP contribution < -0.4 is 10.3 Å². The molecule has 10 heteroatoms. The number of hydrogen-bond acceptors (Lipinski definition) is 5. The largest absolute Gasteiger partial charge is 0.484 e. The van der Waals surface area contributed by atoms with E-state index in [2.05, 4.69) is 9.97 Å². The van der Waals surface area contributed by atoms with Crippen LogP contribution in [0.2, 0.25) is 0 Å². The van der Waals surface area contributed by atoms with Crippen LogP contribution in [0.25, 0.3) is 16.7 Å². The van der Waals surface area contributed by atoms with Gasteiger partial charge in [0.25, 0.3) is 5.56 Å². The molecular formula is C21H22F3N3O2S2. The summed E-state index contributed by atoms with van der Waals surface area (Å²) >= 11 is 3.48. The van der Waals surface area contributed by atoms with Gasteiger partial charge in [-0.1, -0.05) is 11.8 Å². The van der Waals surface area contributed by atoms with Crippen molar-refractivity contribution in [1.29, 1.82) is 0 Å². The second kappa shape index (κ2) is 9.60. The fourth-order valence-electron chi connectivity index (χ4n) is 3.02. The zero-order chi connectivity index (χ0) is 21.8. The fourth-order valence-corrected chi connectivity index (χ4v) is 5.33. The van der Waals surface area contributed by atoms with E-state index in [0.29, 0.717) is 21.9 Å². The van der Waals surface area contributed by atoms with Crippen LogP contribution in [0.1, 0.15) is 19.3 Å². The second-order valence-electron chi connectivity index (χ2n) is 7.39. The Bertz CT molecular complexity index is 1080. The van der Waals surface area contributed by atoms with Gasteiger partial charge in [0, 0.05) is 11.9 Å². The van der Waals surface area contributed by atoms with Gasteiger partial charge in [-0.05, 0) is 67.0 Å². The molecule has 31 heavy (non-hydrogen) atoms.